The summed E-state index contributed by atoms with van der Waals surface area (Å²) in [5, 5.41) is 13.8. The van der Waals surface area contributed by atoms with Crippen molar-refractivity contribution in [3.05, 3.63) is 64.7 Å². The molecule has 4 heteroatoms. The van der Waals surface area contributed by atoms with Crippen LogP contribution < -0.4 is 5.43 Å². The maximum atomic E-state index is 12.0. The molecule has 0 fully saturated rings. The third-order valence-electron chi connectivity index (χ3n) is 3.58. The van der Waals surface area contributed by atoms with Gasteiger partial charge in [-0.25, -0.2) is 5.43 Å². The zero-order valence-corrected chi connectivity index (χ0v) is 13.9. The van der Waals surface area contributed by atoms with E-state index in [0.717, 1.165) is 11.1 Å². The number of carbonyl (C=O) groups is 1. The van der Waals surface area contributed by atoms with Crippen LogP contribution in [0.1, 0.15) is 47.8 Å². The standard InChI is InChI=1S/C19H22N2O2/c1-13-5-7-14(8-6-13)18(23)21-20-12-15-11-16(19(2,3)4)9-10-17(15)22/h5-12,22H,1-4H3,(H,21,23)/b20-12+. The zero-order valence-electron chi connectivity index (χ0n) is 13.9. The summed E-state index contributed by atoms with van der Waals surface area (Å²) in [5.74, 6) is -0.154. The van der Waals surface area contributed by atoms with E-state index < -0.39 is 0 Å². The molecule has 0 aliphatic heterocycles. The van der Waals surface area contributed by atoms with Crippen molar-refractivity contribution in [1.29, 1.82) is 0 Å². The topological polar surface area (TPSA) is 61.7 Å². The molecule has 0 heterocycles. The highest BCUT2D eigenvalue weighted by molar-refractivity contribution is 5.95. The first-order valence-corrected chi connectivity index (χ1v) is 7.51. The predicted octanol–water partition coefficient (Wildman–Crippen LogP) is 3.76. The number of benzene rings is 2. The Kier molecular flexibility index (Phi) is 4.84. The number of phenolic OH excluding ortho intramolecular Hbond substituents is 1. The summed E-state index contributed by atoms with van der Waals surface area (Å²) >= 11 is 0. The average molecular weight is 310 g/mol. The smallest absolute Gasteiger partial charge is 0.271 e. The Bertz CT molecular complexity index is 726. The SMILES string of the molecule is Cc1ccc(C(=O)N/N=C/c2cc(C(C)(C)C)ccc2O)cc1. The Morgan fingerprint density at radius 2 is 1.78 bits per heavy atom. The monoisotopic (exact) mass is 310 g/mol. The molecule has 2 aromatic carbocycles. The van der Waals surface area contributed by atoms with E-state index in [2.05, 4.69) is 31.3 Å². The molecule has 0 unspecified atom stereocenters. The van der Waals surface area contributed by atoms with E-state index in [1.54, 1.807) is 18.2 Å². The minimum atomic E-state index is -0.285. The highest BCUT2D eigenvalue weighted by Crippen LogP contribution is 2.26. The molecule has 2 rings (SSSR count). The van der Waals surface area contributed by atoms with Gasteiger partial charge in [0.15, 0.2) is 0 Å². The molecule has 2 N–H and O–H groups in total. The van der Waals surface area contributed by atoms with Crippen LogP contribution in [0.2, 0.25) is 0 Å². The fourth-order valence-corrected chi connectivity index (χ4v) is 2.05. The highest BCUT2D eigenvalue weighted by Gasteiger charge is 2.14. The number of hydrazone groups is 1. The van der Waals surface area contributed by atoms with Crippen molar-refractivity contribution in [2.75, 3.05) is 0 Å². The number of nitrogens with one attached hydrogen (secondary N) is 1. The normalized spacial score (nSPS) is 11.7. The molecular formula is C19H22N2O2. The summed E-state index contributed by atoms with van der Waals surface area (Å²) < 4.78 is 0. The largest absolute Gasteiger partial charge is 0.507 e. The molecule has 0 radical (unpaired) electrons. The van der Waals surface area contributed by atoms with Crippen LogP contribution in [0, 0.1) is 6.92 Å². The number of rotatable bonds is 3. The fourth-order valence-electron chi connectivity index (χ4n) is 2.05. The Morgan fingerprint density at radius 1 is 1.13 bits per heavy atom. The number of nitrogens with zero attached hydrogens (tertiary/aromatic N) is 1. The second kappa shape index (κ2) is 6.65. The van der Waals surface area contributed by atoms with Gasteiger partial charge in [0.2, 0.25) is 0 Å². The molecule has 0 aliphatic carbocycles. The number of phenols is 1. The Hall–Kier alpha value is -2.62. The van der Waals surface area contributed by atoms with Gasteiger partial charge in [0.1, 0.15) is 5.75 Å². The number of hydrogen-bond acceptors (Lipinski definition) is 3. The van der Waals surface area contributed by atoms with Gasteiger partial charge in [-0.15, -0.1) is 0 Å². The third kappa shape index (κ3) is 4.42. The van der Waals surface area contributed by atoms with Gasteiger partial charge in [-0.1, -0.05) is 44.5 Å². The maximum Gasteiger partial charge on any atom is 0.271 e. The highest BCUT2D eigenvalue weighted by atomic mass is 16.3. The van der Waals surface area contributed by atoms with Gasteiger partial charge in [-0.05, 0) is 42.2 Å². The van der Waals surface area contributed by atoms with Crippen LogP contribution in [0.5, 0.6) is 5.75 Å². The van der Waals surface area contributed by atoms with E-state index in [4.69, 9.17) is 0 Å². The summed E-state index contributed by atoms with van der Waals surface area (Å²) in [7, 11) is 0. The number of hydrogen-bond donors (Lipinski definition) is 2. The predicted molar refractivity (Wildman–Crippen MR) is 93.0 cm³/mol. The van der Waals surface area contributed by atoms with Crippen molar-refractivity contribution in [3.63, 3.8) is 0 Å². The van der Waals surface area contributed by atoms with Gasteiger partial charge in [0.25, 0.3) is 5.91 Å². The first-order chi connectivity index (χ1) is 10.8. The number of aromatic hydroxyl groups is 1. The minimum Gasteiger partial charge on any atom is -0.507 e. The van der Waals surface area contributed by atoms with Gasteiger partial charge < -0.3 is 5.11 Å². The molecule has 0 saturated heterocycles. The van der Waals surface area contributed by atoms with Gasteiger partial charge in [0, 0.05) is 11.1 Å². The molecule has 1 amide bonds. The molecule has 0 atom stereocenters. The van der Waals surface area contributed by atoms with E-state index in [1.807, 2.05) is 31.2 Å². The molecule has 0 bridgehead atoms. The molecule has 4 nitrogen and oxygen atoms in total. The van der Waals surface area contributed by atoms with E-state index >= 15 is 0 Å². The minimum absolute atomic E-state index is 0.0264. The molecule has 0 saturated carbocycles. The first-order valence-electron chi connectivity index (χ1n) is 7.51. The summed E-state index contributed by atoms with van der Waals surface area (Å²) in [6.45, 7) is 8.25. The van der Waals surface area contributed by atoms with Crippen molar-refractivity contribution in [3.8, 4) is 5.75 Å². The molecule has 120 valence electrons. The number of carbonyl (C=O) groups excluding carboxylic acids is 1. The van der Waals surface area contributed by atoms with Crippen LogP contribution in [0.4, 0.5) is 0 Å². The van der Waals surface area contributed by atoms with E-state index in [1.165, 1.54) is 6.21 Å². The average Bonchev–Trinajstić information content (AvgIpc) is 2.48. The molecule has 0 aromatic heterocycles. The van der Waals surface area contributed by atoms with Crippen molar-refractivity contribution >= 4 is 12.1 Å². The van der Waals surface area contributed by atoms with Gasteiger partial charge >= 0.3 is 0 Å². The van der Waals surface area contributed by atoms with Crippen LogP contribution >= 0.6 is 0 Å². The van der Waals surface area contributed by atoms with E-state index in [-0.39, 0.29) is 17.1 Å². The molecule has 23 heavy (non-hydrogen) atoms. The third-order valence-corrected chi connectivity index (χ3v) is 3.58. The lowest BCUT2D eigenvalue weighted by molar-refractivity contribution is 0.0955. The van der Waals surface area contributed by atoms with Crippen molar-refractivity contribution in [2.45, 2.75) is 33.1 Å². The van der Waals surface area contributed by atoms with Gasteiger partial charge in [-0.2, -0.15) is 5.10 Å². The molecule has 2 aromatic rings. The van der Waals surface area contributed by atoms with Crippen LogP contribution in [0.15, 0.2) is 47.6 Å². The van der Waals surface area contributed by atoms with Crippen molar-refractivity contribution in [2.24, 2.45) is 5.10 Å². The summed E-state index contributed by atoms with van der Waals surface area (Å²) in [4.78, 5) is 12.0. The van der Waals surface area contributed by atoms with Crippen molar-refractivity contribution < 1.29 is 9.90 Å². The lowest BCUT2D eigenvalue weighted by atomic mass is 9.86. The van der Waals surface area contributed by atoms with Gasteiger partial charge in [-0.3, -0.25) is 4.79 Å². The summed E-state index contributed by atoms with van der Waals surface area (Å²) in [5.41, 5.74) is 5.73. The quantitative estimate of drug-likeness (QED) is 0.670. The molecule has 0 spiro atoms. The Labute approximate surface area is 136 Å². The lowest BCUT2D eigenvalue weighted by Crippen LogP contribution is -2.17. The second-order valence-corrected chi connectivity index (χ2v) is 6.59. The van der Waals surface area contributed by atoms with Gasteiger partial charge in [0.05, 0.1) is 6.21 Å². The van der Waals surface area contributed by atoms with E-state index in [0.29, 0.717) is 11.1 Å². The van der Waals surface area contributed by atoms with Crippen LogP contribution in [0.3, 0.4) is 0 Å². The summed E-state index contributed by atoms with van der Waals surface area (Å²) in [6, 6.07) is 12.6. The van der Waals surface area contributed by atoms with Crippen LogP contribution in [-0.2, 0) is 5.41 Å². The van der Waals surface area contributed by atoms with Crippen molar-refractivity contribution in [1.82, 2.24) is 5.43 Å². The van der Waals surface area contributed by atoms with Crippen LogP contribution in [0.25, 0.3) is 0 Å². The fraction of sp³-hybridized carbons (Fsp3) is 0.263. The first kappa shape index (κ1) is 16.7. The zero-order chi connectivity index (χ0) is 17.0. The Balaban J connectivity index is 2.11. The molecule has 0 aliphatic rings. The Morgan fingerprint density at radius 3 is 2.39 bits per heavy atom. The summed E-state index contributed by atoms with van der Waals surface area (Å²) in [6.07, 6.45) is 1.46. The molecular weight excluding hydrogens is 288 g/mol. The number of aryl methyl sites for hydroxylation is 1. The second-order valence-electron chi connectivity index (χ2n) is 6.59. The lowest BCUT2D eigenvalue weighted by Gasteiger charge is -2.19. The van der Waals surface area contributed by atoms with Crippen LogP contribution in [-0.4, -0.2) is 17.2 Å². The van der Waals surface area contributed by atoms with E-state index in [9.17, 15) is 9.90 Å². The maximum absolute atomic E-state index is 12.0. The number of amides is 1.